The van der Waals surface area contributed by atoms with Crippen LogP contribution in [0.4, 0.5) is 11.4 Å². The number of carboxylic acid groups (broad SMARTS) is 1. The van der Waals surface area contributed by atoms with Crippen molar-refractivity contribution < 1.29 is 24.4 Å². The number of nitro benzene ring substituents is 1. The SMILES string of the molecule is CC(C)C1Oc2cc([N+](=O)[O-])ccc2N(Cc2cccc(C(=O)O)c2)C1=O. The molecule has 1 unspecified atom stereocenters. The summed E-state index contributed by atoms with van der Waals surface area (Å²) in [5.41, 5.74) is 1.05. The lowest BCUT2D eigenvalue weighted by atomic mass is 10.0. The van der Waals surface area contributed by atoms with E-state index in [4.69, 9.17) is 9.84 Å². The molecule has 0 saturated heterocycles. The fourth-order valence-corrected chi connectivity index (χ4v) is 2.96. The Kier molecular flexibility index (Phi) is 4.81. The van der Waals surface area contributed by atoms with E-state index in [1.807, 2.05) is 13.8 Å². The van der Waals surface area contributed by atoms with Crippen LogP contribution in [0.15, 0.2) is 42.5 Å². The number of nitrogens with zero attached hydrogens (tertiary/aromatic N) is 2. The van der Waals surface area contributed by atoms with Crippen LogP contribution >= 0.6 is 0 Å². The van der Waals surface area contributed by atoms with Gasteiger partial charge in [-0.05, 0) is 29.7 Å². The molecule has 8 heteroatoms. The van der Waals surface area contributed by atoms with Gasteiger partial charge in [-0.1, -0.05) is 26.0 Å². The van der Waals surface area contributed by atoms with Crippen molar-refractivity contribution in [3.8, 4) is 5.75 Å². The lowest BCUT2D eigenvalue weighted by Gasteiger charge is -2.36. The molecule has 2 aromatic carbocycles. The molecule has 8 nitrogen and oxygen atoms in total. The van der Waals surface area contributed by atoms with Gasteiger partial charge in [0, 0.05) is 6.07 Å². The third kappa shape index (κ3) is 3.59. The molecule has 0 fully saturated rings. The molecule has 0 aliphatic carbocycles. The van der Waals surface area contributed by atoms with E-state index in [1.54, 1.807) is 12.1 Å². The normalized spacial score (nSPS) is 16.0. The molecule has 1 amide bonds. The molecule has 1 atom stereocenters. The summed E-state index contributed by atoms with van der Waals surface area (Å²) in [4.78, 5) is 36.1. The van der Waals surface area contributed by atoms with Crippen molar-refractivity contribution in [1.82, 2.24) is 0 Å². The number of hydrogen-bond donors (Lipinski definition) is 1. The number of nitro groups is 1. The topological polar surface area (TPSA) is 110 Å². The minimum atomic E-state index is -1.05. The molecule has 27 heavy (non-hydrogen) atoms. The largest absolute Gasteiger partial charge is 0.478 e. The predicted molar refractivity (Wildman–Crippen MR) is 96.9 cm³/mol. The van der Waals surface area contributed by atoms with Crippen LogP contribution in [0.3, 0.4) is 0 Å². The van der Waals surface area contributed by atoms with Crippen LogP contribution in [-0.2, 0) is 11.3 Å². The van der Waals surface area contributed by atoms with Crippen LogP contribution < -0.4 is 9.64 Å². The number of ether oxygens (including phenoxy) is 1. The van der Waals surface area contributed by atoms with E-state index in [0.717, 1.165) is 0 Å². The Morgan fingerprint density at radius 3 is 2.67 bits per heavy atom. The molecule has 2 aromatic rings. The second kappa shape index (κ2) is 7.06. The average Bonchev–Trinajstić information content (AvgIpc) is 2.63. The van der Waals surface area contributed by atoms with E-state index in [0.29, 0.717) is 11.3 Å². The van der Waals surface area contributed by atoms with E-state index in [-0.39, 0.29) is 35.4 Å². The van der Waals surface area contributed by atoms with Gasteiger partial charge in [-0.3, -0.25) is 14.9 Å². The molecular formula is C19H18N2O6. The van der Waals surface area contributed by atoms with Crippen molar-refractivity contribution in [2.24, 2.45) is 5.92 Å². The number of hydrogen-bond acceptors (Lipinski definition) is 5. The maximum absolute atomic E-state index is 12.9. The summed E-state index contributed by atoms with van der Waals surface area (Å²) in [6.07, 6.45) is -0.776. The van der Waals surface area contributed by atoms with E-state index >= 15 is 0 Å². The van der Waals surface area contributed by atoms with Gasteiger partial charge in [0.25, 0.3) is 11.6 Å². The van der Waals surface area contributed by atoms with Gasteiger partial charge < -0.3 is 14.7 Å². The number of non-ortho nitro benzene ring substituents is 1. The lowest BCUT2D eigenvalue weighted by molar-refractivity contribution is -0.384. The Morgan fingerprint density at radius 2 is 2.04 bits per heavy atom. The average molecular weight is 370 g/mol. The number of aromatic carboxylic acids is 1. The molecular weight excluding hydrogens is 352 g/mol. The second-order valence-corrected chi connectivity index (χ2v) is 6.62. The zero-order valence-electron chi connectivity index (χ0n) is 14.8. The van der Waals surface area contributed by atoms with Crippen LogP contribution in [-0.4, -0.2) is 28.0 Å². The van der Waals surface area contributed by atoms with Crippen molar-refractivity contribution in [3.63, 3.8) is 0 Å². The fraction of sp³-hybridized carbons (Fsp3) is 0.263. The lowest BCUT2D eigenvalue weighted by Crippen LogP contribution is -2.48. The quantitative estimate of drug-likeness (QED) is 0.639. The summed E-state index contributed by atoms with van der Waals surface area (Å²) in [6, 6.07) is 10.4. The number of anilines is 1. The first-order valence-electron chi connectivity index (χ1n) is 8.36. The summed E-state index contributed by atoms with van der Waals surface area (Å²) in [7, 11) is 0. The number of benzene rings is 2. The van der Waals surface area contributed by atoms with Gasteiger partial charge >= 0.3 is 5.97 Å². The second-order valence-electron chi connectivity index (χ2n) is 6.62. The van der Waals surface area contributed by atoms with Crippen molar-refractivity contribution >= 4 is 23.3 Å². The summed E-state index contributed by atoms with van der Waals surface area (Å²) in [6.45, 7) is 3.79. The van der Waals surface area contributed by atoms with Crippen molar-refractivity contribution in [3.05, 3.63) is 63.7 Å². The zero-order valence-corrected chi connectivity index (χ0v) is 14.8. The Hall–Kier alpha value is -3.42. The van der Waals surface area contributed by atoms with E-state index in [2.05, 4.69) is 0 Å². The Balaban J connectivity index is 2.02. The maximum atomic E-state index is 12.9. The number of fused-ring (bicyclic) bond motifs is 1. The standard InChI is InChI=1S/C19H18N2O6/c1-11(2)17-18(22)20(10-12-4-3-5-13(8-12)19(23)24)15-7-6-14(21(25)26)9-16(15)27-17/h3-9,11,17H,10H2,1-2H3,(H,23,24). The highest BCUT2D eigenvalue weighted by Crippen LogP contribution is 2.39. The molecule has 0 aromatic heterocycles. The highest BCUT2D eigenvalue weighted by atomic mass is 16.6. The summed E-state index contributed by atoms with van der Waals surface area (Å²) in [5, 5.41) is 20.2. The predicted octanol–water partition coefficient (Wildman–Crippen LogP) is 3.24. The number of rotatable bonds is 5. The third-order valence-corrected chi connectivity index (χ3v) is 4.33. The van der Waals surface area contributed by atoms with Crippen molar-refractivity contribution in [2.45, 2.75) is 26.5 Å². The first-order chi connectivity index (χ1) is 12.8. The van der Waals surface area contributed by atoms with Crippen LogP contribution in [0, 0.1) is 16.0 Å². The number of amides is 1. The molecule has 0 spiro atoms. The first kappa shape index (κ1) is 18.4. The van der Waals surface area contributed by atoms with Gasteiger partial charge in [0.15, 0.2) is 11.9 Å². The van der Waals surface area contributed by atoms with Crippen molar-refractivity contribution in [1.29, 1.82) is 0 Å². The molecule has 140 valence electrons. The van der Waals surface area contributed by atoms with Gasteiger partial charge in [-0.25, -0.2) is 4.79 Å². The maximum Gasteiger partial charge on any atom is 0.335 e. The number of carboxylic acids is 1. The smallest absolute Gasteiger partial charge is 0.335 e. The molecule has 1 aliphatic rings. The summed E-state index contributed by atoms with van der Waals surface area (Å²) in [5.74, 6) is -1.21. The van der Waals surface area contributed by atoms with Crippen LogP contribution in [0.2, 0.25) is 0 Å². The Bertz CT molecular complexity index is 924. The van der Waals surface area contributed by atoms with E-state index in [9.17, 15) is 19.7 Å². The highest BCUT2D eigenvalue weighted by Gasteiger charge is 2.37. The molecule has 0 bridgehead atoms. The molecule has 1 aliphatic heterocycles. The molecule has 1 heterocycles. The van der Waals surface area contributed by atoms with E-state index in [1.165, 1.54) is 35.2 Å². The van der Waals surface area contributed by atoms with Crippen LogP contribution in [0.1, 0.15) is 29.8 Å². The Labute approximate surface area is 155 Å². The van der Waals surface area contributed by atoms with Gasteiger partial charge in [-0.2, -0.15) is 0 Å². The Morgan fingerprint density at radius 1 is 1.30 bits per heavy atom. The fourth-order valence-electron chi connectivity index (χ4n) is 2.96. The summed E-state index contributed by atoms with van der Waals surface area (Å²) >= 11 is 0. The number of carbonyl (C=O) groups is 2. The molecule has 3 rings (SSSR count). The number of carbonyl (C=O) groups excluding carboxylic acids is 1. The monoisotopic (exact) mass is 370 g/mol. The van der Waals surface area contributed by atoms with Gasteiger partial charge in [0.2, 0.25) is 0 Å². The zero-order chi connectivity index (χ0) is 19.7. The molecule has 0 saturated carbocycles. The molecule has 0 radical (unpaired) electrons. The van der Waals surface area contributed by atoms with Gasteiger partial charge in [0.1, 0.15) is 0 Å². The third-order valence-electron chi connectivity index (χ3n) is 4.33. The molecule has 1 N–H and O–H groups in total. The first-order valence-corrected chi connectivity index (χ1v) is 8.36. The van der Waals surface area contributed by atoms with Gasteiger partial charge in [-0.15, -0.1) is 0 Å². The van der Waals surface area contributed by atoms with E-state index < -0.39 is 17.0 Å². The van der Waals surface area contributed by atoms with Crippen LogP contribution in [0.5, 0.6) is 5.75 Å². The minimum absolute atomic E-state index is 0.123. The van der Waals surface area contributed by atoms with Crippen LogP contribution in [0.25, 0.3) is 0 Å². The van der Waals surface area contributed by atoms with Crippen molar-refractivity contribution in [2.75, 3.05) is 4.90 Å². The van der Waals surface area contributed by atoms with Gasteiger partial charge in [0.05, 0.1) is 28.8 Å². The summed E-state index contributed by atoms with van der Waals surface area (Å²) < 4.78 is 5.74. The highest BCUT2D eigenvalue weighted by molar-refractivity contribution is 6.00. The minimum Gasteiger partial charge on any atom is -0.478 e.